The Labute approximate surface area is 168 Å². The molecular weight excluding hydrogens is 378 g/mol. The van der Waals surface area contributed by atoms with Crippen LogP contribution in [0.15, 0.2) is 46.9 Å². The first kappa shape index (κ1) is 19.9. The number of benzene rings is 2. The standard InChI is InChI=1S/C20H23N3O4S/c1-24-16-11-15(12-17(25-2)18(16)26-3)19-22-23(20(28)27-19)13-21-10-9-14-7-5-4-6-8-14/h4-8,11-12,21H,9-10,13H2,1-3H3. The minimum absolute atomic E-state index is 0.288. The van der Waals surface area contributed by atoms with Crippen LogP contribution in [0.25, 0.3) is 11.5 Å². The van der Waals surface area contributed by atoms with Crippen LogP contribution in [0.3, 0.4) is 0 Å². The van der Waals surface area contributed by atoms with Crippen molar-refractivity contribution in [2.45, 2.75) is 13.1 Å². The molecule has 8 heteroatoms. The van der Waals surface area contributed by atoms with Crippen molar-refractivity contribution in [2.24, 2.45) is 0 Å². The van der Waals surface area contributed by atoms with E-state index in [1.807, 2.05) is 18.2 Å². The summed E-state index contributed by atoms with van der Waals surface area (Å²) in [5.41, 5.74) is 1.96. The normalized spacial score (nSPS) is 10.7. The van der Waals surface area contributed by atoms with E-state index in [1.165, 1.54) is 5.56 Å². The van der Waals surface area contributed by atoms with E-state index in [0.717, 1.165) is 13.0 Å². The number of rotatable bonds is 9. The third kappa shape index (κ3) is 4.52. The fraction of sp³-hybridized carbons (Fsp3) is 0.300. The van der Waals surface area contributed by atoms with Gasteiger partial charge in [-0.05, 0) is 36.3 Å². The zero-order valence-corrected chi connectivity index (χ0v) is 16.9. The van der Waals surface area contributed by atoms with E-state index in [0.29, 0.717) is 35.4 Å². The lowest BCUT2D eigenvalue weighted by molar-refractivity contribution is 0.324. The summed E-state index contributed by atoms with van der Waals surface area (Å²) in [5.74, 6) is 1.94. The van der Waals surface area contributed by atoms with Gasteiger partial charge in [0, 0.05) is 12.1 Å². The molecule has 28 heavy (non-hydrogen) atoms. The van der Waals surface area contributed by atoms with Gasteiger partial charge in [-0.1, -0.05) is 30.3 Å². The number of ether oxygens (including phenoxy) is 3. The van der Waals surface area contributed by atoms with Gasteiger partial charge < -0.3 is 18.6 Å². The molecule has 0 bridgehead atoms. The lowest BCUT2D eigenvalue weighted by atomic mass is 10.1. The highest BCUT2D eigenvalue weighted by atomic mass is 32.1. The van der Waals surface area contributed by atoms with Crippen LogP contribution in [0.2, 0.25) is 0 Å². The summed E-state index contributed by atoms with van der Waals surface area (Å²) in [7, 11) is 4.68. The van der Waals surface area contributed by atoms with Crippen LogP contribution < -0.4 is 19.5 Å². The predicted octanol–water partition coefficient (Wildman–Crippen LogP) is 3.69. The van der Waals surface area contributed by atoms with E-state index in [2.05, 4.69) is 22.5 Å². The second-order valence-corrected chi connectivity index (χ2v) is 6.33. The van der Waals surface area contributed by atoms with Gasteiger partial charge in [-0.3, -0.25) is 5.32 Å². The van der Waals surface area contributed by atoms with E-state index in [1.54, 1.807) is 38.1 Å². The van der Waals surface area contributed by atoms with Gasteiger partial charge >= 0.3 is 0 Å². The van der Waals surface area contributed by atoms with Crippen molar-refractivity contribution in [1.82, 2.24) is 15.1 Å². The molecule has 2 aromatic carbocycles. The summed E-state index contributed by atoms with van der Waals surface area (Å²) >= 11 is 5.29. The number of hydrogen-bond acceptors (Lipinski definition) is 7. The number of nitrogens with one attached hydrogen (secondary N) is 1. The maximum absolute atomic E-state index is 5.66. The van der Waals surface area contributed by atoms with Crippen LogP contribution in [0.4, 0.5) is 0 Å². The first-order valence-corrected chi connectivity index (χ1v) is 9.20. The van der Waals surface area contributed by atoms with Crippen molar-refractivity contribution in [3.63, 3.8) is 0 Å². The topological polar surface area (TPSA) is 70.7 Å². The van der Waals surface area contributed by atoms with Crippen molar-refractivity contribution in [3.8, 4) is 28.7 Å². The molecule has 0 fully saturated rings. The summed E-state index contributed by atoms with van der Waals surface area (Å²) in [6.07, 6.45) is 0.922. The molecule has 0 unspecified atom stereocenters. The molecule has 0 atom stereocenters. The first-order valence-electron chi connectivity index (χ1n) is 8.79. The third-order valence-corrected chi connectivity index (χ3v) is 4.51. The molecule has 0 aliphatic heterocycles. The van der Waals surface area contributed by atoms with Crippen LogP contribution in [-0.2, 0) is 13.1 Å². The lowest BCUT2D eigenvalue weighted by Crippen LogP contribution is -2.21. The molecule has 3 aromatic rings. The van der Waals surface area contributed by atoms with Gasteiger partial charge in [-0.2, -0.15) is 0 Å². The molecule has 0 spiro atoms. The minimum atomic E-state index is 0.288. The van der Waals surface area contributed by atoms with Crippen molar-refractivity contribution in [1.29, 1.82) is 0 Å². The Kier molecular flexibility index (Phi) is 6.67. The molecule has 1 heterocycles. The smallest absolute Gasteiger partial charge is 0.288 e. The van der Waals surface area contributed by atoms with Gasteiger partial charge in [0.05, 0.1) is 28.0 Å². The zero-order valence-electron chi connectivity index (χ0n) is 16.1. The van der Waals surface area contributed by atoms with Crippen molar-refractivity contribution in [2.75, 3.05) is 27.9 Å². The zero-order chi connectivity index (χ0) is 19.9. The highest BCUT2D eigenvalue weighted by Gasteiger charge is 2.17. The number of methoxy groups -OCH3 is 3. The summed E-state index contributed by atoms with van der Waals surface area (Å²) in [6, 6.07) is 13.8. The Bertz CT molecular complexity index is 944. The average Bonchev–Trinajstić information content (AvgIpc) is 3.11. The summed E-state index contributed by atoms with van der Waals surface area (Å²) in [4.78, 5) is 0.288. The second kappa shape index (κ2) is 9.38. The molecule has 1 N–H and O–H groups in total. The summed E-state index contributed by atoms with van der Waals surface area (Å²) < 4.78 is 23.4. The van der Waals surface area contributed by atoms with E-state index in [9.17, 15) is 0 Å². The lowest BCUT2D eigenvalue weighted by Gasteiger charge is -2.12. The van der Waals surface area contributed by atoms with Crippen LogP contribution in [0.5, 0.6) is 17.2 Å². The Balaban J connectivity index is 1.72. The SMILES string of the molecule is COc1cc(-c2nn(CNCCc3ccccc3)c(=S)o2)cc(OC)c1OC. The molecule has 148 valence electrons. The van der Waals surface area contributed by atoms with Crippen LogP contribution in [0, 0.1) is 4.84 Å². The van der Waals surface area contributed by atoms with Crippen LogP contribution in [-0.4, -0.2) is 37.7 Å². The predicted molar refractivity (Wildman–Crippen MR) is 109 cm³/mol. The van der Waals surface area contributed by atoms with Crippen molar-refractivity contribution >= 4 is 12.2 Å². The first-order chi connectivity index (χ1) is 13.7. The van der Waals surface area contributed by atoms with Gasteiger partial charge in [0.25, 0.3) is 4.84 Å². The Hall–Kier alpha value is -2.84. The van der Waals surface area contributed by atoms with E-state index < -0.39 is 0 Å². The highest BCUT2D eigenvalue weighted by Crippen LogP contribution is 2.40. The molecule has 0 amide bonds. The second-order valence-electron chi connectivity index (χ2n) is 5.98. The van der Waals surface area contributed by atoms with Gasteiger partial charge in [-0.25, -0.2) is 4.68 Å². The van der Waals surface area contributed by atoms with Gasteiger partial charge in [0.2, 0.25) is 11.6 Å². The Morgan fingerprint density at radius 3 is 2.32 bits per heavy atom. The molecule has 7 nitrogen and oxygen atoms in total. The summed E-state index contributed by atoms with van der Waals surface area (Å²) in [6.45, 7) is 1.26. The minimum Gasteiger partial charge on any atom is -0.493 e. The fourth-order valence-corrected chi connectivity index (χ4v) is 2.97. The summed E-state index contributed by atoms with van der Waals surface area (Å²) in [5, 5.41) is 7.79. The molecule has 3 rings (SSSR count). The maximum Gasteiger partial charge on any atom is 0.288 e. The maximum atomic E-state index is 5.66. The fourth-order valence-electron chi connectivity index (χ4n) is 2.79. The van der Waals surface area contributed by atoms with E-state index in [4.69, 9.17) is 30.8 Å². The largest absolute Gasteiger partial charge is 0.493 e. The van der Waals surface area contributed by atoms with Gasteiger partial charge in [0.15, 0.2) is 11.5 Å². The third-order valence-electron chi connectivity index (χ3n) is 4.21. The highest BCUT2D eigenvalue weighted by molar-refractivity contribution is 7.71. The quantitative estimate of drug-likeness (QED) is 0.433. The number of nitrogens with zero attached hydrogens (tertiary/aromatic N) is 2. The molecule has 1 aromatic heterocycles. The van der Waals surface area contributed by atoms with Gasteiger partial charge in [0.1, 0.15) is 0 Å². The van der Waals surface area contributed by atoms with E-state index >= 15 is 0 Å². The monoisotopic (exact) mass is 401 g/mol. The van der Waals surface area contributed by atoms with Gasteiger partial charge in [-0.15, -0.1) is 5.10 Å². The molecular formula is C20H23N3O4S. The number of aromatic nitrogens is 2. The molecule has 0 aliphatic rings. The van der Waals surface area contributed by atoms with Crippen molar-refractivity contribution in [3.05, 3.63) is 52.9 Å². The molecule has 0 saturated carbocycles. The number of hydrogen-bond donors (Lipinski definition) is 1. The molecule has 0 radical (unpaired) electrons. The molecule has 0 saturated heterocycles. The van der Waals surface area contributed by atoms with Crippen LogP contribution >= 0.6 is 12.2 Å². The Morgan fingerprint density at radius 2 is 1.71 bits per heavy atom. The average molecular weight is 401 g/mol. The van der Waals surface area contributed by atoms with Crippen LogP contribution in [0.1, 0.15) is 5.56 Å². The Morgan fingerprint density at radius 1 is 1.04 bits per heavy atom. The van der Waals surface area contributed by atoms with Crippen molar-refractivity contribution < 1.29 is 18.6 Å². The van der Waals surface area contributed by atoms with E-state index in [-0.39, 0.29) is 4.84 Å². The molecule has 0 aliphatic carbocycles.